The second-order valence-corrected chi connectivity index (χ2v) is 7.08. The second-order valence-electron chi connectivity index (χ2n) is 6.09. The molecular weight excluding hydrogens is 368 g/mol. The molecule has 0 saturated heterocycles. The summed E-state index contributed by atoms with van der Waals surface area (Å²) in [6, 6.07) is 6.84. The Labute approximate surface area is 161 Å². The molecule has 0 saturated carbocycles. The molecule has 0 radical (unpaired) electrons. The Morgan fingerprint density at radius 2 is 2.04 bits per heavy atom. The van der Waals surface area contributed by atoms with Crippen molar-refractivity contribution in [2.75, 3.05) is 19.0 Å². The summed E-state index contributed by atoms with van der Waals surface area (Å²) >= 11 is 1.71. The van der Waals surface area contributed by atoms with E-state index in [2.05, 4.69) is 15.7 Å². The standard InChI is InChI=1S/C18H22N4O4S/c1-3-11(8-23)19-17(24)18(25)20-16-14-9-27-10-15(14)21-22(16)12-4-6-13(26-2)7-5-12/h4-7,11,23H,3,8-10H2,1-2H3,(H,19,24)(H,20,25)/t11-/m0/s1. The number of thioether (sulfide) groups is 1. The molecule has 3 N–H and O–H groups in total. The van der Waals surface area contributed by atoms with Crippen LogP contribution in [0.5, 0.6) is 5.75 Å². The van der Waals surface area contributed by atoms with Crippen molar-refractivity contribution >= 4 is 29.4 Å². The van der Waals surface area contributed by atoms with Crippen molar-refractivity contribution in [3.05, 3.63) is 35.5 Å². The van der Waals surface area contributed by atoms with Gasteiger partial charge in [-0.1, -0.05) is 6.92 Å². The molecule has 0 aliphatic carbocycles. The van der Waals surface area contributed by atoms with Gasteiger partial charge in [0.05, 0.1) is 31.1 Å². The van der Waals surface area contributed by atoms with Crippen LogP contribution in [0.2, 0.25) is 0 Å². The minimum Gasteiger partial charge on any atom is -0.497 e. The van der Waals surface area contributed by atoms with Crippen LogP contribution in [0, 0.1) is 0 Å². The molecule has 1 aliphatic rings. The summed E-state index contributed by atoms with van der Waals surface area (Å²) in [5.41, 5.74) is 2.58. The summed E-state index contributed by atoms with van der Waals surface area (Å²) in [6.07, 6.45) is 0.533. The molecule has 2 amide bonds. The van der Waals surface area contributed by atoms with Crippen LogP contribution in [0.4, 0.5) is 5.82 Å². The molecular formula is C18H22N4O4S. The molecule has 9 heteroatoms. The van der Waals surface area contributed by atoms with Gasteiger partial charge in [0.25, 0.3) is 0 Å². The zero-order valence-electron chi connectivity index (χ0n) is 15.2. The van der Waals surface area contributed by atoms with E-state index in [1.165, 1.54) is 0 Å². The van der Waals surface area contributed by atoms with Crippen molar-refractivity contribution in [1.29, 1.82) is 0 Å². The normalized spacial score (nSPS) is 13.7. The van der Waals surface area contributed by atoms with Gasteiger partial charge in [0.15, 0.2) is 0 Å². The van der Waals surface area contributed by atoms with Gasteiger partial charge in [-0.3, -0.25) is 9.59 Å². The molecule has 3 rings (SSSR count). The third-order valence-corrected chi connectivity index (χ3v) is 5.33. The van der Waals surface area contributed by atoms with E-state index in [-0.39, 0.29) is 6.61 Å². The van der Waals surface area contributed by atoms with E-state index in [1.807, 2.05) is 31.2 Å². The van der Waals surface area contributed by atoms with Crippen LogP contribution in [-0.2, 0) is 21.1 Å². The number of hydrogen-bond donors (Lipinski definition) is 3. The lowest BCUT2D eigenvalue weighted by Crippen LogP contribution is -2.43. The van der Waals surface area contributed by atoms with Crippen molar-refractivity contribution in [1.82, 2.24) is 15.1 Å². The minimum absolute atomic E-state index is 0.217. The van der Waals surface area contributed by atoms with Gasteiger partial charge in [-0.15, -0.1) is 0 Å². The lowest BCUT2D eigenvalue weighted by atomic mass is 10.2. The molecule has 1 aromatic heterocycles. The van der Waals surface area contributed by atoms with Crippen molar-refractivity contribution in [3.63, 3.8) is 0 Å². The quantitative estimate of drug-likeness (QED) is 0.645. The van der Waals surface area contributed by atoms with Gasteiger partial charge >= 0.3 is 11.8 Å². The predicted molar refractivity (Wildman–Crippen MR) is 103 cm³/mol. The fourth-order valence-corrected chi connectivity index (χ4v) is 3.78. The summed E-state index contributed by atoms with van der Waals surface area (Å²) < 4.78 is 6.81. The van der Waals surface area contributed by atoms with Crippen molar-refractivity contribution in [2.45, 2.75) is 30.9 Å². The number of carbonyl (C=O) groups is 2. The number of rotatable bonds is 6. The monoisotopic (exact) mass is 390 g/mol. The Kier molecular flexibility index (Phi) is 6.02. The molecule has 1 aromatic carbocycles. The molecule has 0 fully saturated rings. The molecule has 1 aliphatic heterocycles. The van der Waals surface area contributed by atoms with Crippen LogP contribution >= 0.6 is 11.8 Å². The van der Waals surface area contributed by atoms with Crippen LogP contribution in [0.3, 0.4) is 0 Å². The first-order chi connectivity index (χ1) is 13.1. The number of ether oxygens (including phenoxy) is 1. The van der Waals surface area contributed by atoms with Crippen molar-refractivity contribution < 1.29 is 19.4 Å². The fraction of sp³-hybridized carbons (Fsp3) is 0.389. The van der Waals surface area contributed by atoms with Gasteiger partial charge in [0.1, 0.15) is 11.6 Å². The number of carbonyl (C=O) groups excluding carboxylic acids is 2. The Morgan fingerprint density at radius 1 is 1.30 bits per heavy atom. The first kappa shape index (κ1) is 19.2. The van der Waals surface area contributed by atoms with Crippen LogP contribution in [0.1, 0.15) is 24.6 Å². The average molecular weight is 390 g/mol. The third kappa shape index (κ3) is 4.09. The smallest absolute Gasteiger partial charge is 0.314 e. The average Bonchev–Trinajstić information content (AvgIpc) is 3.28. The Morgan fingerprint density at radius 3 is 2.67 bits per heavy atom. The fourth-order valence-electron chi connectivity index (χ4n) is 2.74. The summed E-state index contributed by atoms with van der Waals surface area (Å²) in [5.74, 6) is 1.13. The number of nitrogens with zero attached hydrogens (tertiary/aromatic N) is 2. The van der Waals surface area contributed by atoms with E-state index in [0.29, 0.717) is 18.0 Å². The van der Waals surface area contributed by atoms with Gasteiger partial charge < -0.3 is 20.5 Å². The van der Waals surface area contributed by atoms with Gasteiger partial charge in [-0.2, -0.15) is 16.9 Å². The van der Waals surface area contributed by atoms with Gasteiger partial charge in [0, 0.05) is 17.1 Å². The zero-order valence-corrected chi connectivity index (χ0v) is 16.0. The summed E-state index contributed by atoms with van der Waals surface area (Å²) in [7, 11) is 1.59. The molecule has 2 aromatic rings. The zero-order chi connectivity index (χ0) is 19.4. The number of nitrogens with one attached hydrogen (secondary N) is 2. The van der Waals surface area contributed by atoms with E-state index in [1.54, 1.807) is 23.6 Å². The first-order valence-electron chi connectivity index (χ1n) is 8.63. The number of fused-ring (bicyclic) bond motifs is 1. The second kappa shape index (κ2) is 8.45. The number of amides is 2. The van der Waals surface area contributed by atoms with Crippen LogP contribution in [0.15, 0.2) is 24.3 Å². The Bertz CT molecular complexity index is 831. The van der Waals surface area contributed by atoms with Gasteiger partial charge in [-0.05, 0) is 30.7 Å². The maximum absolute atomic E-state index is 12.4. The van der Waals surface area contributed by atoms with Gasteiger partial charge in [-0.25, -0.2) is 4.68 Å². The predicted octanol–water partition coefficient (Wildman–Crippen LogP) is 1.45. The largest absolute Gasteiger partial charge is 0.497 e. The highest BCUT2D eigenvalue weighted by Crippen LogP contribution is 2.36. The Hall–Kier alpha value is -2.52. The summed E-state index contributed by atoms with van der Waals surface area (Å²) in [6.45, 7) is 1.60. The molecule has 0 unspecified atom stereocenters. The van der Waals surface area contributed by atoms with E-state index in [0.717, 1.165) is 28.5 Å². The van der Waals surface area contributed by atoms with E-state index >= 15 is 0 Å². The minimum atomic E-state index is -0.781. The number of aliphatic hydroxyl groups is 1. The number of aromatic nitrogens is 2. The maximum Gasteiger partial charge on any atom is 0.314 e. The van der Waals surface area contributed by atoms with Crippen molar-refractivity contribution in [3.8, 4) is 11.4 Å². The van der Waals surface area contributed by atoms with Crippen LogP contribution < -0.4 is 15.4 Å². The third-order valence-electron chi connectivity index (χ3n) is 4.36. The Balaban J connectivity index is 1.86. The van der Waals surface area contributed by atoms with E-state index in [9.17, 15) is 14.7 Å². The number of aliphatic hydroxyl groups excluding tert-OH is 1. The highest BCUT2D eigenvalue weighted by atomic mass is 32.2. The van der Waals surface area contributed by atoms with Crippen LogP contribution in [0.25, 0.3) is 5.69 Å². The molecule has 27 heavy (non-hydrogen) atoms. The highest BCUT2D eigenvalue weighted by molar-refractivity contribution is 7.98. The molecule has 8 nitrogen and oxygen atoms in total. The molecule has 1 atom stereocenters. The summed E-state index contributed by atoms with van der Waals surface area (Å²) in [4.78, 5) is 24.5. The number of methoxy groups -OCH3 is 1. The maximum atomic E-state index is 12.4. The number of benzene rings is 1. The lowest BCUT2D eigenvalue weighted by molar-refractivity contribution is -0.136. The molecule has 0 bridgehead atoms. The van der Waals surface area contributed by atoms with E-state index < -0.39 is 17.9 Å². The first-order valence-corrected chi connectivity index (χ1v) is 9.78. The van der Waals surface area contributed by atoms with Crippen LogP contribution in [-0.4, -0.2) is 46.5 Å². The van der Waals surface area contributed by atoms with E-state index in [4.69, 9.17) is 4.74 Å². The lowest BCUT2D eigenvalue weighted by Gasteiger charge is -2.15. The SMILES string of the molecule is CC[C@@H](CO)NC(=O)C(=O)Nc1c2c(nn1-c1ccc(OC)cc1)CSC2. The van der Waals surface area contributed by atoms with Crippen molar-refractivity contribution in [2.24, 2.45) is 0 Å². The summed E-state index contributed by atoms with van der Waals surface area (Å²) in [5, 5.41) is 19.0. The molecule has 2 heterocycles. The number of anilines is 1. The molecule has 0 spiro atoms. The number of hydrogen-bond acceptors (Lipinski definition) is 6. The molecule has 144 valence electrons. The highest BCUT2D eigenvalue weighted by Gasteiger charge is 2.27. The van der Waals surface area contributed by atoms with Gasteiger partial charge in [0.2, 0.25) is 0 Å². The topological polar surface area (TPSA) is 105 Å².